The SMILES string of the molecule is C=C1CCCC12CCc1ccccc1C2=O. The molecule has 0 amide bonds. The van der Waals surface area contributed by atoms with E-state index < -0.39 is 0 Å². The Morgan fingerprint density at radius 3 is 2.69 bits per heavy atom. The van der Waals surface area contributed by atoms with E-state index in [2.05, 4.69) is 12.6 Å². The summed E-state index contributed by atoms with van der Waals surface area (Å²) in [5.74, 6) is 0.330. The van der Waals surface area contributed by atoms with Gasteiger partial charge in [0.05, 0.1) is 5.41 Å². The minimum atomic E-state index is -0.200. The maximum absolute atomic E-state index is 12.6. The lowest BCUT2D eigenvalue weighted by molar-refractivity contribution is 0.0818. The van der Waals surface area contributed by atoms with Gasteiger partial charge in [-0.1, -0.05) is 36.4 Å². The molecule has 0 aliphatic heterocycles. The first-order valence-electron chi connectivity index (χ1n) is 6.05. The van der Waals surface area contributed by atoms with Crippen LogP contribution in [0.3, 0.4) is 0 Å². The van der Waals surface area contributed by atoms with Crippen molar-refractivity contribution < 1.29 is 4.79 Å². The fourth-order valence-corrected chi connectivity index (χ4v) is 3.27. The summed E-state index contributed by atoms with van der Waals surface area (Å²) >= 11 is 0. The number of ketones is 1. The minimum Gasteiger partial charge on any atom is -0.293 e. The minimum absolute atomic E-state index is 0.200. The van der Waals surface area contributed by atoms with Crippen LogP contribution >= 0.6 is 0 Å². The molecule has 1 atom stereocenters. The van der Waals surface area contributed by atoms with Crippen molar-refractivity contribution in [1.29, 1.82) is 0 Å². The van der Waals surface area contributed by atoms with Crippen molar-refractivity contribution in [2.45, 2.75) is 32.1 Å². The van der Waals surface area contributed by atoms with Crippen LogP contribution in [-0.2, 0) is 6.42 Å². The highest BCUT2D eigenvalue weighted by atomic mass is 16.1. The second kappa shape index (κ2) is 3.31. The van der Waals surface area contributed by atoms with E-state index in [9.17, 15) is 4.79 Å². The monoisotopic (exact) mass is 212 g/mol. The van der Waals surface area contributed by atoms with E-state index in [4.69, 9.17) is 0 Å². The van der Waals surface area contributed by atoms with E-state index in [-0.39, 0.29) is 5.41 Å². The number of carbonyl (C=O) groups is 1. The van der Waals surface area contributed by atoms with Gasteiger partial charge in [0.1, 0.15) is 0 Å². The van der Waals surface area contributed by atoms with Gasteiger partial charge in [0.25, 0.3) is 0 Å². The van der Waals surface area contributed by atoms with Gasteiger partial charge in [0.2, 0.25) is 0 Å². The molecule has 1 fully saturated rings. The van der Waals surface area contributed by atoms with Gasteiger partial charge in [-0.2, -0.15) is 0 Å². The lowest BCUT2D eigenvalue weighted by Crippen LogP contribution is -2.34. The van der Waals surface area contributed by atoms with Crippen molar-refractivity contribution in [1.82, 2.24) is 0 Å². The number of hydrogen-bond acceptors (Lipinski definition) is 1. The number of benzene rings is 1. The standard InChI is InChI=1S/C15H16O/c1-11-5-4-9-15(11)10-8-12-6-2-3-7-13(12)14(15)16/h2-3,6-7H,1,4-5,8-10H2. The molecule has 1 unspecified atom stereocenters. The number of rotatable bonds is 0. The molecule has 0 aromatic heterocycles. The average molecular weight is 212 g/mol. The largest absolute Gasteiger partial charge is 0.293 e. The quantitative estimate of drug-likeness (QED) is 0.601. The Hall–Kier alpha value is -1.37. The number of carbonyl (C=O) groups excluding carboxylic acids is 1. The Bertz CT molecular complexity index is 472. The number of hydrogen-bond donors (Lipinski definition) is 0. The molecule has 0 bridgehead atoms. The Morgan fingerprint density at radius 1 is 1.12 bits per heavy atom. The van der Waals surface area contributed by atoms with Crippen molar-refractivity contribution in [2.75, 3.05) is 0 Å². The summed E-state index contributed by atoms with van der Waals surface area (Å²) in [5, 5.41) is 0. The van der Waals surface area contributed by atoms with Crippen LogP contribution in [0.25, 0.3) is 0 Å². The highest BCUT2D eigenvalue weighted by molar-refractivity contribution is 6.04. The number of aryl methyl sites for hydroxylation is 1. The van der Waals surface area contributed by atoms with Crippen LogP contribution in [0.15, 0.2) is 36.4 Å². The number of Topliss-reactive ketones (excluding diaryl/α,β-unsaturated/α-hetero) is 1. The zero-order chi connectivity index (χ0) is 11.2. The lowest BCUT2D eigenvalue weighted by Gasteiger charge is -2.34. The van der Waals surface area contributed by atoms with Gasteiger partial charge >= 0.3 is 0 Å². The summed E-state index contributed by atoms with van der Waals surface area (Å²) in [6.07, 6.45) is 5.18. The predicted molar refractivity (Wildman–Crippen MR) is 64.5 cm³/mol. The highest BCUT2D eigenvalue weighted by Gasteiger charge is 2.46. The molecule has 1 spiro atoms. The van der Waals surface area contributed by atoms with E-state index >= 15 is 0 Å². The number of allylic oxidation sites excluding steroid dienone is 1. The first kappa shape index (κ1) is 9.83. The summed E-state index contributed by atoms with van der Waals surface area (Å²) < 4.78 is 0. The molecule has 1 saturated carbocycles. The fraction of sp³-hybridized carbons (Fsp3) is 0.400. The molecule has 0 radical (unpaired) electrons. The van der Waals surface area contributed by atoms with Crippen molar-refractivity contribution in [2.24, 2.45) is 5.41 Å². The van der Waals surface area contributed by atoms with E-state index in [0.717, 1.165) is 37.7 Å². The summed E-state index contributed by atoms with van der Waals surface area (Å²) in [6.45, 7) is 4.13. The molecule has 1 aromatic rings. The van der Waals surface area contributed by atoms with Crippen molar-refractivity contribution in [3.63, 3.8) is 0 Å². The molecule has 2 aliphatic rings. The van der Waals surface area contributed by atoms with Gasteiger partial charge in [-0.25, -0.2) is 0 Å². The Balaban J connectivity index is 2.10. The van der Waals surface area contributed by atoms with Crippen molar-refractivity contribution in [3.8, 4) is 0 Å². The first-order valence-corrected chi connectivity index (χ1v) is 6.05. The zero-order valence-corrected chi connectivity index (χ0v) is 9.46. The van der Waals surface area contributed by atoms with E-state index in [0.29, 0.717) is 5.78 Å². The molecule has 1 nitrogen and oxygen atoms in total. The number of fused-ring (bicyclic) bond motifs is 1. The van der Waals surface area contributed by atoms with E-state index in [1.54, 1.807) is 0 Å². The summed E-state index contributed by atoms with van der Waals surface area (Å²) in [6, 6.07) is 8.04. The maximum atomic E-state index is 12.6. The van der Waals surface area contributed by atoms with Gasteiger partial charge in [0, 0.05) is 5.56 Å². The smallest absolute Gasteiger partial charge is 0.173 e. The Kier molecular flexibility index (Phi) is 2.03. The lowest BCUT2D eigenvalue weighted by atomic mass is 9.68. The third kappa shape index (κ3) is 1.14. The van der Waals surface area contributed by atoms with Crippen LogP contribution in [0.1, 0.15) is 41.6 Å². The molecule has 0 N–H and O–H groups in total. The first-order chi connectivity index (χ1) is 7.74. The van der Waals surface area contributed by atoms with Crippen LogP contribution in [0, 0.1) is 5.41 Å². The summed E-state index contributed by atoms with van der Waals surface area (Å²) in [4.78, 5) is 12.6. The van der Waals surface area contributed by atoms with Gasteiger partial charge < -0.3 is 0 Å². The van der Waals surface area contributed by atoms with Crippen LogP contribution in [0.5, 0.6) is 0 Å². The molecule has 3 rings (SSSR count). The molecule has 16 heavy (non-hydrogen) atoms. The van der Waals surface area contributed by atoms with E-state index in [1.165, 1.54) is 11.1 Å². The summed E-state index contributed by atoms with van der Waals surface area (Å²) in [7, 11) is 0. The molecular weight excluding hydrogens is 196 g/mol. The Labute approximate surface area is 96.2 Å². The normalized spacial score (nSPS) is 28.5. The van der Waals surface area contributed by atoms with Gasteiger partial charge in [-0.05, 0) is 37.7 Å². The third-order valence-corrected chi connectivity index (χ3v) is 4.28. The predicted octanol–water partition coefficient (Wildman–Crippen LogP) is 3.54. The maximum Gasteiger partial charge on any atom is 0.173 e. The van der Waals surface area contributed by atoms with Gasteiger partial charge in [0.15, 0.2) is 5.78 Å². The Morgan fingerprint density at radius 2 is 1.94 bits per heavy atom. The average Bonchev–Trinajstić information content (AvgIpc) is 2.67. The van der Waals surface area contributed by atoms with Crippen molar-refractivity contribution >= 4 is 5.78 Å². The second-order valence-corrected chi connectivity index (χ2v) is 5.03. The van der Waals surface area contributed by atoms with Gasteiger partial charge in [-0.3, -0.25) is 4.79 Å². The van der Waals surface area contributed by atoms with Crippen LogP contribution in [-0.4, -0.2) is 5.78 Å². The highest BCUT2D eigenvalue weighted by Crippen LogP contribution is 2.50. The third-order valence-electron chi connectivity index (χ3n) is 4.28. The molecule has 82 valence electrons. The van der Waals surface area contributed by atoms with E-state index in [1.807, 2.05) is 18.2 Å². The van der Waals surface area contributed by atoms with Crippen LogP contribution in [0.2, 0.25) is 0 Å². The second-order valence-electron chi connectivity index (χ2n) is 5.03. The molecule has 2 aliphatic carbocycles. The topological polar surface area (TPSA) is 17.1 Å². The molecule has 0 heterocycles. The summed E-state index contributed by atoms with van der Waals surface area (Å²) in [5.41, 5.74) is 3.13. The van der Waals surface area contributed by atoms with Crippen LogP contribution in [0.4, 0.5) is 0 Å². The zero-order valence-electron chi connectivity index (χ0n) is 9.46. The fourth-order valence-electron chi connectivity index (χ4n) is 3.27. The molecule has 0 saturated heterocycles. The molecule has 1 heteroatoms. The molecule has 1 aromatic carbocycles. The van der Waals surface area contributed by atoms with Gasteiger partial charge in [-0.15, -0.1) is 0 Å². The van der Waals surface area contributed by atoms with Crippen molar-refractivity contribution in [3.05, 3.63) is 47.5 Å². The molecular formula is C15H16O. The van der Waals surface area contributed by atoms with Crippen LogP contribution < -0.4 is 0 Å².